The summed E-state index contributed by atoms with van der Waals surface area (Å²) >= 11 is 0. The number of carbonyl (C=O) groups excluding carboxylic acids is 1. The molecule has 0 aliphatic heterocycles. The highest BCUT2D eigenvalue weighted by atomic mass is 16.3. The summed E-state index contributed by atoms with van der Waals surface area (Å²) in [5, 5.41) is 17.9. The van der Waals surface area contributed by atoms with E-state index in [-0.39, 0.29) is 23.3 Å². The third-order valence-electron chi connectivity index (χ3n) is 4.66. The van der Waals surface area contributed by atoms with Gasteiger partial charge in [-0.25, -0.2) is 5.43 Å². The van der Waals surface area contributed by atoms with E-state index in [9.17, 15) is 9.90 Å². The second-order valence-corrected chi connectivity index (χ2v) is 9.48. The number of carbonyl (C=O) groups is 1. The first kappa shape index (κ1) is 22.5. The van der Waals surface area contributed by atoms with E-state index in [1.165, 1.54) is 5.56 Å². The summed E-state index contributed by atoms with van der Waals surface area (Å²) in [6.45, 7) is 14.5. The number of nitrogens with zero attached hydrogens (tertiary/aromatic N) is 1. The first-order valence-electron chi connectivity index (χ1n) is 9.88. The van der Waals surface area contributed by atoms with E-state index >= 15 is 0 Å². The Bertz CT molecular complexity index is 851. The molecule has 5 nitrogen and oxygen atoms in total. The van der Waals surface area contributed by atoms with Crippen molar-refractivity contribution in [3.8, 4) is 5.75 Å². The fourth-order valence-electron chi connectivity index (χ4n) is 2.95. The standard InChI is InChI=1S/C24H33N3O2/c1-16-8-10-18(11-9-16)25-15-21(28)27-26-14-17-12-19(23(2,3)4)22(29)20(13-17)24(5,6)7/h8-14,25,29H,15H2,1-7H3,(H,27,28)/b26-14-. The van der Waals surface area contributed by atoms with Gasteiger partial charge in [0.05, 0.1) is 12.8 Å². The van der Waals surface area contributed by atoms with Gasteiger partial charge >= 0.3 is 0 Å². The summed E-state index contributed by atoms with van der Waals surface area (Å²) in [5.74, 6) is 0.0983. The van der Waals surface area contributed by atoms with Gasteiger partial charge in [-0.05, 0) is 47.6 Å². The van der Waals surface area contributed by atoms with Crippen LogP contribution in [0.3, 0.4) is 0 Å². The van der Waals surface area contributed by atoms with Gasteiger partial charge in [0.15, 0.2) is 0 Å². The Balaban J connectivity index is 2.11. The van der Waals surface area contributed by atoms with Crippen molar-refractivity contribution >= 4 is 17.8 Å². The van der Waals surface area contributed by atoms with Gasteiger partial charge in [-0.2, -0.15) is 5.10 Å². The Kier molecular flexibility index (Phi) is 6.73. The van der Waals surface area contributed by atoms with Crippen molar-refractivity contribution in [1.29, 1.82) is 0 Å². The molecule has 0 fully saturated rings. The molecule has 0 aliphatic carbocycles. The molecule has 0 bridgehead atoms. The molecule has 2 rings (SSSR count). The molecule has 0 radical (unpaired) electrons. The Morgan fingerprint density at radius 2 is 1.52 bits per heavy atom. The second kappa shape index (κ2) is 8.68. The van der Waals surface area contributed by atoms with Crippen molar-refractivity contribution in [3.05, 3.63) is 58.7 Å². The van der Waals surface area contributed by atoms with Gasteiger partial charge in [0.25, 0.3) is 5.91 Å². The number of hydrogen-bond donors (Lipinski definition) is 3. The first-order chi connectivity index (χ1) is 13.4. The molecule has 3 N–H and O–H groups in total. The maximum atomic E-state index is 12.1. The van der Waals surface area contributed by atoms with Crippen LogP contribution in [0.15, 0.2) is 41.5 Å². The first-order valence-corrected chi connectivity index (χ1v) is 9.88. The summed E-state index contributed by atoms with van der Waals surface area (Å²) in [6.07, 6.45) is 1.62. The van der Waals surface area contributed by atoms with E-state index in [2.05, 4.69) is 57.4 Å². The molecule has 156 valence electrons. The van der Waals surface area contributed by atoms with Gasteiger partial charge in [0.1, 0.15) is 5.75 Å². The molecular formula is C24H33N3O2. The Hall–Kier alpha value is -2.82. The Labute approximate surface area is 174 Å². The van der Waals surface area contributed by atoms with Gasteiger partial charge in [-0.1, -0.05) is 59.2 Å². The number of benzene rings is 2. The molecule has 0 saturated heterocycles. The smallest absolute Gasteiger partial charge is 0.259 e. The number of aryl methyl sites for hydroxylation is 1. The van der Waals surface area contributed by atoms with Crippen LogP contribution < -0.4 is 10.7 Å². The number of aromatic hydroxyl groups is 1. The van der Waals surface area contributed by atoms with Gasteiger partial charge < -0.3 is 10.4 Å². The number of hydrazone groups is 1. The molecule has 0 saturated carbocycles. The average Bonchev–Trinajstić information content (AvgIpc) is 2.60. The minimum atomic E-state index is -0.229. The molecule has 0 atom stereocenters. The predicted octanol–water partition coefficient (Wildman–Crippen LogP) is 4.86. The average molecular weight is 396 g/mol. The maximum Gasteiger partial charge on any atom is 0.259 e. The predicted molar refractivity (Wildman–Crippen MR) is 121 cm³/mol. The molecule has 1 amide bonds. The van der Waals surface area contributed by atoms with E-state index < -0.39 is 0 Å². The van der Waals surface area contributed by atoms with Crippen LogP contribution in [0.2, 0.25) is 0 Å². The highest BCUT2D eigenvalue weighted by Crippen LogP contribution is 2.39. The third kappa shape index (κ3) is 6.34. The molecule has 0 spiro atoms. The van der Waals surface area contributed by atoms with Crippen LogP contribution >= 0.6 is 0 Å². The zero-order valence-corrected chi connectivity index (χ0v) is 18.6. The normalized spacial score (nSPS) is 12.2. The minimum absolute atomic E-state index is 0.135. The van der Waals surface area contributed by atoms with Crippen molar-refractivity contribution in [2.75, 3.05) is 11.9 Å². The van der Waals surface area contributed by atoms with Crippen LogP contribution in [0.1, 0.15) is 63.8 Å². The summed E-state index contributed by atoms with van der Waals surface area (Å²) in [4.78, 5) is 12.1. The van der Waals surface area contributed by atoms with E-state index in [0.717, 1.165) is 22.4 Å². The van der Waals surface area contributed by atoms with Crippen molar-refractivity contribution in [3.63, 3.8) is 0 Å². The highest BCUT2D eigenvalue weighted by molar-refractivity contribution is 5.85. The molecule has 2 aromatic rings. The summed E-state index contributed by atoms with van der Waals surface area (Å²) in [6, 6.07) is 11.7. The van der Waals surface area contributed by atoms with Crippen molar-refractivity contribution in [1.82, 2.24) is 5.43 Å². The summed E-state index contributed by atoms with van der Waals surface area (Å²) < 4.78 is 0. The fraction of sp³-hybridized carbons (Fsp3) is 0.417. The second-order valence-electron chi connectivity index (χ2n) is 9.48. The van der Waals surface area contributed by atoms with Crippen LogP contribution in [0.25, 0.3) is 0 Å². The number of anilines is 1. The number of rotatable bonds is 5. The molecule has 0 aromatic heterocycles. The fourth-order valence-corrected chi connectivity index (χ4v) is 2.95. The van der Waals surface area contributed by atoms with Gasteiger partial charge in [0, 0.05) is 16.8 Å². The van der Waals surface area contributed by atoms with Gasteiger partial charge in [-0.3, -0.25) is 4.79 Å². The lowest BCUT2D eigenvalue weighted by molar-refractivity contribution is -0.119. The van der Waals surface area contributed by atoms with Gasteiger partial charge in [0.2, 0.25) is 0 Å². The molecule has 2 aromatic carbocycles. The third-order valence-corrected chi connectivity index (χ3v) is 4.66. The Morgan fingerprint density at radius 3 is 2.00 bits per heavy atom. The molecule has 0 unspecified atom stereocenters. The van der Waals surface area contributed by atoms with Crippen molar-refractivity contribution in [2.24, 2.45) is 5.10 Å². The summed E-state index contributed by atoms with van der Waals surface area (Å²) in [5.41, 5.74) is 6.74. The number of nitrogens with one attached hydrogen (secondary N) is 2. The zero-order chi connectivity index (χ0) is 21.8. The number of phenols is 1. The zero-order valence-electron chi connectivity index (χ0n) is 18.6. The minimum Gasteiger partial charge on any atom is -0.507 e. The molecule has 29 heavy (non-hydrogen) atoms. The lowest BCUT2D eigenvalue weighted by atomic mass is 9.78. The Morgan fingerprint density at radius 1 is 1.00 bits per heavy atom. The van der Waals surface area contributed by atoms with Crippen LogP contribution in [0, 0.1) is 6.92 Å². The van der Waals surface area contributed by atoms with E-state index in [1.54, 1.807) is 6.21 Å². The highest BCUT2D eigenvalue weighted by Gasteiger charge is 2.26. The van der Waals surface area contributed by atoms with Crippen molar-refractivity contribution in [2.45, 2.75) is 59.3 Å². The van der Waals surface area contributed by atoms with Crippen LogP contribution in [0.5, 0.6) is 5.75 Å². The quantitative estimate of drug-likeness (QED) is 0.500. The van der Waals surface area contributed by atoms with Crippen molar-refractivity contribution < 1.29 is 9.90 Å². The van der Waals surface area contributed by atoms with E-state index in [1.807, 2.05) is 43.3 Å². The maximum absolute atomic E-state index is 12.1. The molecular weight excluding hydrogens is 362 g/mol. The largest absolute Gasteiger partial charge is 0.507 e. The number of hydrogen-bond acceptors (Lipinski definition) is 4. The van der Waals surface area contributed by atoms with Gasteiger partial charge in [-0.15, -0.1) is 0 Å². The summed E-state index contributed by atoms with van der Waals surface area (Å²) in [7, 11) is 0. The monoisotopic (exact) mass is 395 g/mol. The topological polar surface area (TPSA) is 73.7 Å². The number of phenolic OH excluding ortho intramolecular Hbond substituents is 1. The van der Waals surface area contributed by atoms with Crippen LogP contribution in [-0.2, 0) is 15.6 Å². The molecule has 5 heteroatoms. The van der Waals surface area contributed by atoms with Crippen LogP contribution in [-0.4, -0.2) is 23.8 Å². The lowest BCUT2D eigenvalue weighted by Gasteiger charge is -2.27. The lowest BCUT2D eigenvalue weighted by Crippen LogP contribution is -2.26. The van der Waals surface area contributed by atoms with E-state index in [4.69, 9.17) is 0 Å². The van der Waals surface area contributed by atoms with Crippen LogP contribution in [0.4, 0.5) is 5.69 Å². The van der Waals surface area contributed by atoms with E-state index in [0.29, 0.717) is 5.75 Å². The molecule has 0 aliphatic rings. The molecule has 0 heterocycles. The SMILES string of the molecule is Cc1ccc(NCC(=O)N/N=C\c2cc(C(C)(C)C)c(O)c(C(C)(C)C)c2)cc1. The number of amides is 1.